The minimum Gasteiger partial charge on any atom is -0.457 e. The monoisotopic (exact) mass is 420 g/mol. The molecule has 8 heteroatoms. The Balaban J connectivity index is 1.63. The second-order valence-corrected chi connectivity index (χ2v) is 8.32. The van der Waals surface area contributed by atoms with E-state index in [1.165, 1.54) is 11.3 Å². The molecule has 1 unspecified atom stereocenters. The van der Waals surface area contributed by atoms with Crippen molar-refractivity contribution in [2.24, 2.45) is 0 Å². The maximum Gasteiger partial charge on any atom is 0.186 e. The number of carbonyl (C=O) groups excluding carboxylic acids is 1. The van der Waals surface area contributed by atoms with Crippen molar-refractivity contribution in [3.63, 3.8) is 0 Å². The maximum absolute atomic E-state index is 12.6. The number of nitrogens with zero attached hydrogens (tertiary/aromatic N) is 1. The summed E-state index contributed by atoms with van der Waals surface area (Å²) in [5.74, 6) is 0.374. The number of carbonyl (C=O) groups is 1. The summed E-state index contributed by atoms with van der Waals surface area (Å²) >= 11 is 14.7. The zero-order valence-corrected chi connectivity index (χ0v) is 16.2. The maximum atomic E-state index is 12.6. The van der Waals surface area contributed by atoms with Crippen molar-refractivity contribution in [3.05, 3.63) is 67.6 Å². The topological polar surface area (TPSA) is 67.0 Å². The number of allylic oxidation sites excluding steroid dienone is 1. The van der Waals surface area contributed by atoms with E-state index in [9.17, 15) is 4.79 Å². The van der Waals surface area contributed by atoms with Gasteiger partial charge in [-0.3, -0.25) is 10.2 Å². The molecule has 0 aliphatic carbocycles. The van der Waals surface area contributed by atoms with E-state index in [2.05, 4.69) is 4.98 Å². The average molecular weight is 421 g/mol. The van der Waals surface area contributed by atoms with Crippen molar-refractivity contribution in [2.45, 2.75) is 5.92 Å². The summed E-state index contributed by atoms with van der Waals surface area (Å²) in [6.07, 6.45) is 3.30. The van der Waals surface area contributed by atoms with Crippen LogP contribution < -0.4 is 0 Å². The van der Waals surface area contributed by atoms with Gasteiger partial charge in [-0.05, 0) is 36.4 Å². The number of hydrogen-bond acceptors (Lipinski definition) is 6. The predicted molar refractivity (Wildman–Crippen MR) is 107 cm³/mol. The molecule has 1 aliphatic rings. The molecule has 0 radical (unpaired) electrons. The highest BCUT2D eigenvalue weighted by Gasteiger charge is 2.38. The molecule has 0 saturated carbocycles. The minimum absolute atomic E-state index is 0.127. The first-order chi connectivity index (χ1) is 12.5. The minimum atomic E-state index is -0.605. The van der Waals surface area contributed by atoms with Gasteiger partial charge in [0.2, 0.25) is 0 Å². The molecular formula is C18H10Cl2N2O2S2. The number of Topliss-reactive ketones (excluding diaryl/α,β-unsaturated/α-hetero) is 1. The molecular weight excluding hydrogens is 411 g/mol. The van der Waals surface area contributed by atoms with Crippen molar-refractivity contribution >= 4 is 63.2 Å². The van der Waals surface area contributed by atoms with Gasteiger partial charge in [0.25, 0.3) is 0 Å². The van der Waals surface area contributed by atoms with Crippen molar-refractivity contribution in [3.8, 4) is 11.3 Å². The molecule has 26 heavy (non-hydrogen) atoms. The third kappa shape index (κ3) is 3.25. The van der Waals surface area contributed by atoms with Gasteiger partial charge in [-0.1, -0.05) is 35.0 Å². The Morgan fingerprint density at radius 2 is 2.08 bits per heavy atom. The van der Waals surface area contributed by atoms with Gasteiger partial charge < -0.3 is 4.42 Å². The van der Waals surface area contributed by atoms with Crippen molar-refractivity contribution < 1.29 is 9.21 Å². The fourth-order valence-corrected chi connectivity index (χ4v) is 4.87. The molecule has 1 saturated heterocycles. The SMILES string of the molecule is N=C1SC(=Cc2ccc(-c3ccc(Cl)cc3Cl)o2)C(=O)C1c1nccs1. The van der Waals surface area contributed by atoms with E-state index in [4.69, 9.17) is 33.0 Å². The van der Waals surface area contributed by atoms with E-state index in [0.29, 0.717) is 31.5 Å². The zero-order chi connectivity index (χ0) is 18.3. The molecule has 3 heterocycles. The van der Waals surface area contributed by atoms with E-state index < -0.39 is 5.92 Å². The lowest BCUT2D eigenvalue weighted by atomic mass is 10.1. The smallest absolute Gasteiger partial charge is 0.186 e. The number of rotatable bonds is 3. The summed E-state index contributed by atoms with van der Waals surface area (Å²) in [4.78, 5) is 17.3. The predicted octanol–water partition coefficient (Wildman–Crippen LogP) is 6.13. The number of hydrogen-bond donors (Lipinski definition) is 1. The molecule has 1 aromatic carbocycles. The molecule has 1 N–H and O–H groups in total. The van der Waals surface area contributed by atoms with Gasteiger partial charge in [0, 0.05) is 22.2 Å². The summed E-state index contributed by atoms with van der Waals surface area (Å²) in [5, 5.41) is 11.9. The highest BCUT2D eigenvalue weighted by atomic mass is 35.5. The van der Waals surface area contributed by atoms with E-state index in [1.54, 1.807) is 48.0 Å². The third-order valence-electron chi connectivity index (χ3n) is 3.78. The number of thioether (sulfide) groups is 1. The lowest BCUT2D eigenvalue weighted by molar-refractivity contribution is -0.114. The van der Waals surface area contributed by atoms with Crippen LogP contribution >= 0.6 is 46.3 Å². The average Bonchev–Trinajstić information content (AvgIpc) is 3.31. The summed E-state index contributed by atoms with van der Waals surface area (Å²) in [6.45, 7) is 0. The molecule has 3 aromatic rings. The van der Waals surface area contributed by atoms with Crippen LogP contribution in [-0.2, 0) is 4.79 Å². The van der Waals surface area contributed by atoms with E-state index in [0.717, 1.165) is 17.3 Å². The standard InChI is InChI=1S/C18H10Cl2N2O2S2/c19-9-1-3-11(12(20)7-9)13-4-2-10(24-13)8-14-16(23)15(17(21)26-14)18-22-5-6-25-18/h1-8,15,21H. The Kier molecular flexibility index (Phi) is 4.75. The fourth-order valence-electron chi connectivity index (χ4n) is 2.58. The highest BCUT2D eigenvalue weighted by molar-refractivity contribution is 8.19. The van der Waals surface area contributed by atoms with Crippen LogP contribution in [0.3, 0.4) is 0 Å². The van der Waals surface area contributed by atoms with Crippen LogP contribution in [0.15, 0.2) is 51.2 Å². The van der Waals surface area contributed by atoms with Crippen molar-refractivity contribution in [1.82, 2.24) is 4.98 Å². The summed E-state index contributed by atoms with van der Waals surface area (Å²) in [7, 11) is 0. The quantitative estimate of drug-likeness (QED) is 0.517. The molecule has 2 aromatic heterocycles. The Labute approximate surface area is 167 Å². The molecule has 1 fully saturated rings. The van der Waals surface area contributed by atoms with Gasteiger partial charge in [0.15, 0.2) is 5.78 Å². The van der Waals surface area contributed by atoms with Crippen LogP contribution in [-0.4, -0.2) is 15.8 Å². The Morgan fingerprint density at radius 3 is 2.81 bits per heavy atom. The van der Waals surface area contributed by atoms with E-state index >= 15 is 0 Å². The van der Waals surface area contributed by atoms with Crippen molar-refractivity contribution in [1.29, 1.82) is 5.41 Å². The summed E-state index contributed by atoms with van der Waals surface area (Å²) < 4.78 is 5.81. The number of furan rings is 1. The van der Waals surface area contributed by atoms with E-state index in [1.807, 2.05) is 0 Å². The van der Waals surface area contributed by atoms with Crippen LogP contribution in [0, 0.1) is 5.41 Å². The normalized spacial score (nSPS) is 18.8. The van der Waals surface area contributed by atoms with Gasteiger partial charge in [-0.15, -0.1) is 11.3 Å². The molecule has 1 atom stereocenters. The first-order valence-corrected chi connectivity index (χ1v) is 9.95. The highest BCUT2D eigenvalue weighted by Crippen LogP contribution is 2.41. The van der Waals surface area contributed by atoms with Crippen LogP contribution in [0.5, 0.6) is 0 Å². The Bertz CT molecular complexity index is 1040. The molecule has 1 aliphatic heterocycles. The number of nitrogens with one attached hydrogen (secondary N) is 1. The molecule has 0 bridgehead atoms. The Hall–Kier alpha value is -1.86. The third-order valence-corrected chi connectivity index (χ3v) is 6.17. The number of benzene rings is 1. The molecule has 0 amide bonds. The van der Waals surface area contributed by atoms with Gasteiger partial charge in [-0.2, -0.15) is 0 Å². The van der Waals surface area contributed by atoms with Gasteiger partial charge in [0.1, 0.15) is 22.4 Å². The Morgan fingerprint density at radius 1 is 1.23 bits per heavy atom. The van der Waals surface area contributed by atoms with Gasteiger partial charge in [-0.25, -0.2) is 4.98 Å². The first-order valence-electron chi connectivity index (χ1n) is 7.50. The molecule has 4 nitrogen and oxygen atoms in total. The first kappa shape index (κ1) is 17.5. The molecule has 4 rings (SSSR count). The second kappa shape index (κ2) is 7.04. The number of thiazole rings is 1. The summed E-state index contributed by atoms with van der Waals surface area (Å²) in [6, 6.07) is 8.72. The summed E-state index contributed by atoms with van der Waals surface area (Å²) in [5.41, 5.74) is 0.722. The van der Waals surface area contributed by atoms with E-state index in [-0.39, 0.29) is 10.8 Å². The van der Waals surface area contributed by atoms with Crippen LogP contribution in [0.25, 0.3) is 17.4 Å². The molecule has 0 spiro atoms. The van der Waals surface area contributed by atoms with Crippen LogP contribution in [0.4, 0.5) is 0 Å². The molecule has 130 valence electrons. The zero-order valence-electron chi connectivity index (χ0n) is 13.0. The van der Waals surface area contributed by atoms with Crippen LogP contribution in [0.1, 0.15) is 16.7 Å². The lowest BCUT2D eigenvalue weighted by Crippen LogP contribution is -2.11. The lowest BCUT2D eigenvalue weighted by Gasteiger charge is -2.01. The number of aromatic nitrogens is 1. The number of halogens is 2. The fraction of sp³-hybridized carbons (Fsp3) is 0.0556. The second-order valence-electron chi connectivity index (χ2n) is 5.47. The number of ketones is 1. The van der Waals surface area contributed by atoms with Gasteiger partial charge in [0.05, 0.1) is 15.0 Å². The largest absolute Gasteiger partial charge is 0.457 e. The van der Waals surface area contributed by atoms with Crippen LogP contribution in [0.2, 0.25) is 10.0 Å². The van der Waals surface area contributed by atoms with Crippen molar-refractivity contribution in [2.75, 3.05) is 0 Å². The van der Waals surface area contributed by atoms with Gasteiger partial charge >= 0.3 is 0 Å².